The first kappa shape index (κ1) is 11.4. The highest BCUT2D eigenvalue weighted by atomic mass is 32.1. The predicted octanol–water partition coefficient (Wildman–Crippen LogP) is 2.82. The average Bonchev–Trinajstić information content (AvgIpc) is 2.16. The van der Waals surface area contributed by atoms with Gasteiger partial charge in [0.25, 0.3) is 0 Å². The van der Waals surface area contributed by atoms with E-state index in [1.54, 1.807) is 0 Å². The molecule has 0 aliphatic heterocycles. The Balaban J connectivity index is 2.07. The summed E-state index contributed by atoms with van der Waals surface area (Å²) in [6.45, 7) is 2.54. The van der Waals surface area contributed by atoms with Gasteiger partial charge in [0.1, 0.15) is 0 Å². The molecule has 1 aliphatic rings. The van der Waals surface area contributed by atoms with Crippen LogP contribution in [0.1, 0.15) is 38.5 Å². The van der Waals surface area contributed by atoms with Crippen LogP contribution in [0.5, 0.6) is 0 Å². The minimum atomic E-state index is 0.985. The Morgan fingerprint density at radius 2 is 1.92 bits per heavy atom. The second kappa shape index (κ2) is 6.72. The Hall–Kier alpha value is 0.310. The first-order valence-corrected chi connectivity index (χ1v) is 6.25. The Morgan fingerprint density at radius 3 is 2.54 bits per heavy atom. The minimum Gasteiger partial charge on any atom is -0.306 e. The molecule has 1 saturated carbocycles. The Labute approximate surface area is 88.3 Å². The van der Waals surface area contributed by atoms with E-state index in [2.05, 4.69) is 24.6 Å². The summed E-state index contributed by atoms with van der Waals surface area (Å²) in [5.41, 5.74) is 0. The molecule has 0 spiro atoms. The van der Waals surface area contributed by atoms with Crippen LogP contribution in [0, 0.1) is 5.92 Å². The van der Waals surface area contributed by atoms with Crippen molar-refractivity contribution in [3.63, 3.8) is 0 Å². The van der Waals surface area contributed by atoms with Crippen LogP contribution in [0.2, 0.25) is 0 Å². The van der Waals surface area contributed by atoms with Gasteiger partial charge in [-0.2, -0.15) is 12.6 Å². The molecule has 0 saturated heterocycles. The van der Waals surface area contributed by atoms with Crippen LogP contribution in [-0.2, 0) is 0 Å². The molecular formula is C11H23NS. The zero-order valence-electron chi connectivity index (χ0n) is 8.84. The molecule has 1 rings (SSSR count). The first-order chi connectivity index (χ1) is 6.33. The smallest absolute Gasteiger partial charge is 0.000661 e. The SMILES string of the molecule is CN(CCCS)CC1CCCCC1. The van der Waals surface area contributed by atoms with Gasteiger partial charge in [-0.15, -0.1) is 0 Å². The number of hydrogen-bond acceptors (Lipinski definition) is 2. The van der Waals surface area contributed by atoms with Gasteiger partial charge in [0, 0.05) is 6.54 Å². The third kappa shape index (κ3) is 4.92. The lowest BCUT2D eigenvalue weighted by atomic mass is 9.89. The van der Waals surface area contributed by atoms with Crippen molar-refractivity contribution in [2.75, 3.05) is 25.9 Å². The van der Waals surface area contributed by atoms with Crippen LogP contribution in [0.4, 0.5) is 0 Å². The molecular weight excluding hydrogens is 178 g/mol. The summed E-state index contributed by atoms with van der Waals surface area (Å²) in [5.74, 6) is 2.01. The monoisotopic (exact) mass is 201 g/mol. The van der Waals surface area contributed by atoms with Crippen molar-refractivity contribution in [3.05, 3.63) is 0 Å². The van der Waals surface area contributed by atoms with Crippen LogP contribution in [0.3, 0.4) is 0 Å². The topological polar surface area (TPSA) is 3.24 Å². The fraction of sp³-hybridized carbons (Fsp3) is 1.00. The van der Waals surface area contributed by atoms with E-state index >= 15 is 0 Å². The van der Waals surface area contributed by atoms with Gasteiger partial charge in [-0.1, -0.05) is 19.3 Å². The third-order valence-corrected chi connectivity index (χ3v) is 3.31. The molecule has 0 atom stereocenters. The van der Waals surface area contributed by atoms with Gasteiger partial charge in [-0.3, -0.25) is 0 Å². The van der Waals surface area contributed by atoms with E-state index < -0.39 is 0 Å². The summed E-state index contributed by atoms with van der Waals surface area (Å²) in [6.07, 6.45) is 8.55. The molecule has 78 valence electrons. The quantitative estimate of drug-likeness (QED) is 0.669. The number of thiol groups is 1. The third-order valence-electron chi connectivity index (χ3n) is 2.99. The van der Waals surface area contributed by atoms with E-state index in [0.29, 0.717) is 0 Å². The molecule has 0 amide bonds. The lowest BCUT2D eigenvalue weighted by Crippen LogP contribution is -2.28. The largest absolute Gasteiger partial charge is 0.306 e. The Kier molecular flexibility index (Phi) is 5.88. The number of hydrogen-bond donors (Lipinski definition) is 1. The lowest BCUT2D eigenvalue weighted by Gasteiger charge is -2.26. The van der Waals surface area contributed by atoms with Gasteiger partial charge in [0.05, 0.1) is 0 Å². The lowest BCUT2D eigenvalue weighted by molar-refractivity contribution is 0.234. The van der Waals surface area contributed by atoms with Crippen LogP contribution in [0.15, 0.2) is 0 Å². The molecule has 2 heteroatoms. The van der Waals surface area contributed by atoms with Gasteiger partial charge in [0.15, 0.2) is 0 Å². The summed E-state index contributed by atoms with van der Waals surface area (Å²) in [7, 11) is 2.25. The fourth-order valence-electron chi connectivity index (χ4n) is 2.24. The second-order valence-electron chi connectivity index (χ2n) is 4.34. The van der Waals surface area contributed by atoms with Gasteiger partial charge in [-0.25, -0.2) is 0 Å². The molecule has 0 N–H and O–H groups in total. The number of rotatable bonds is 5. The van der Waals surface area contributed by atoms with Crippen molar-refractivity contribution >= 4 is 12.6 Å². The fourth-order valence-corrected chi connectivity index (χ4v) is 2.38. The summed E-state index contributed by atoms with van der Waals surface area (Å²) >= 11 is 4.23. The van der Waals surface area contributed by atoms with Crippen LogP contribution in [0.25, 0.3) is 0 Å². The Morgan fingerprint density at radius 1 is 1.23 bits per heavy atom. The molecule has 0 heterocycles. The van der Waals surface area contributed by atoms with E-state index in [1.165, 1.54) is 51.6 Å². The van der Waals surface area contributed by atoms with Crippen molar-refractivity contribution in [2.24, 2.45) is 5.92 Å². The zero-order chi connectivity index (χ0) is 9.52. The summed E-state index contributed by atoms with van der Waals surface area (Å²) in [6, 6.07) is 0. The maximum absolute atomic E-state index is 4.23. The van der Waals surface area contributed by atoms with Crippen molar-refractivity contribution in [2.45, 2.75) is 38.5 Å². The molecule has 0 aromatic carbocycles. The van der Waals surface area contributed by atoms with E-state index in [9.17, 15) is 0 Å². The normalized spacial score (nSPS) is 19.6. The molecule has 0 radical (unpaired) electrons. The van der Waals surface area contributed by atoms with Gasteiger partial charge >= 0.3 is 0 Å². The minimum absolute atomic E-state index is 0.985. The molecule has 13 heavy (non-hydrogen) atoms. The van der Waals surface area contributed by atoms with Crippen LogP contribution >= 0.6 is 12.6 Å². The van der Waals surface area contributed by atoms with E-state index in [1.807, 2.05) is 0 Å². The van der Waals surface area contributed by atoms with Crippen molar-refractivity contribution < 1.29 is 0 Å². The maximum atomic E-state index is 4.23. The van der Waals surface area contributed by atoms with E-state index in [0.717, 1.165) is 11.7 Å². The van der Waals surface area contributed by atoms with Gasteiger partial charge in [-0.05, 0) is 44.5 Å². The first-order valence-electron chi connectivity index (χ1n) is 5.62. The van der Waals surface area contributed by atoms with E-state index in [-0.39, 0.29) is 0 Å². The molecule has 1 aliphatic carbocycles. The maximum Gasteiger partial charge on any atom is 0.000661 e. The van der Waals surface area contributed by atoms with Crippen molar-refractivity contribution in [3.8, 4) is 0 Å². The van der Waals surface area contributed by atoms with E-state index in [4.69, 9.17) is 0 Å². The predicted molar refractivity (Wildman–Crippen MR) is 62.5 cm³/mol. The van der Waals surface area contributed by atoms with Crippen molar-refractivity contribution in [1.29, 1.82) is 0 Å². The Bertz CT molecular complexity index is 121. The molecule has 0 bridgehead atoms. The highest BCUT2D eigenvalue weighted by Crippen LogP contribution is 2.23. The summed E-state index contributed by atoms with van der Waals surface area (Å²) < 4.78 is 0. The average molecular weight is 201 g/mol. The van der Waals surface area contributed by atoms with Crippen molar-refractivity contribution in [1.82, 2.24) is 4.90 Å². The second-order valence-corrected chi connectivity index (χ2v) is 4.79. The highest BCUT2D eigenvalue weighted by Gasteiger charge is 2.14. The van der Waals surface area contributed by atoms with Gasteiger partial charge in [0.2, 0.25) is 0 Å². The van der Waals surface area contributed by atoms with Crippen LogP contribution < -0.4 is 0 Å². The molecule has 1 nitrogen and oxygen atoms in total. The number of nitrogens with zero attached hydrogens (tertiary/aromatic N) is 1. The van der Waals surface area contributed by atoms with Crippen LogP contribution in [-0.4, -0.2) is 30.8 Å². The molecule has 0 aromatic rings. The zero-order valence-corrected chi connectivity index (χ0v) is 9.73. The molecule has 1 fully saturated rings. The summed E-state index contributed by atoms with van der Waals surface area (Å²) in [4.78, 5) is 2.48. The highest BCUT2D eigenvalue weighted by molar-refractivity contribution is 7.80. The molecule has 0 unspecified atom stereocenters. The molecule has 0 aromatic heterocycles. The standard InChI is InChI=1S/C11H23NS/c1-12(8-5-9-13)10-11-6-3-2-4-7-11/h11,13H,2-10H2,1H3. The van der Waals surface area contributed by atoms with Gasteiger partial charge < -0.3 is 4.90 Å². The summed E-state index contributed by atoms with van der Waals surface area (Å²) in [5, 5.41) is 0.